The van der Waals surface area contributed by atoms with Gasteiger partial charge in [0.1, 0.15) is 11.9 Å². The van der Waals surface area contributed by atoms with Gasteiger partial charge in [0, 0.05) is 5.02 Å². The van der Waals surface area contributed by atoms with Crippen LogP contribution < -0.4 is 5.32 Å². The van der Waals surface area contributed by atoms with Crippen LogP contribution >= 0.6 is 11.6 Å². The summed E-state index contributed by atoms with van der Waals surface area (Å²) in [6.45, 7) is 3.10. The van der Waals surface area contributed by atoms with Crippen molar-refractivity contribution in [3.05, 3.63) is 34.6 Å². The normalized spacial score (nSPS) is 11.8. The highest BCUT2D eigenvalue weighted by Gasteiger charge is 2.23. The Morgan fingerprint density at radius 1 is 1.29 bits per heavy atom. The molecule has 0 heterocycles. The van der Waals surface area contributed by atoms with E-state index in [1.165, 1.54) is 13.2 Å². The van der Waals surface area contributed by atoms with E-state index in [1.54, 1.807) is 0 Å². The van der Waals surface area contributed by atoms with Crippen LogP contribution in [0.2, 0.25) is 5.02 Å². The number of hydrogen-bond donors (Lipinski definition) is 1. The van der Waals surface area contributed by atoms with Gasteiger partial charge in [-0.05, 0) is 30.5 Å². The number of benzene rings is 1. The van der Waals surface area contributed by atoms with E-state index in [0.717, 1.165) is 12.1 Å². The molecule has 1 atom stereocenters. The molecule has 0 aliphatic rings. The highest BCUT2D eigenvalue weighted by molar-refractivity contribution is 6.30. The quantitative estimate of drug-likeness (QED) is 0.756. The summed E-state index contributed by atoms with van der Waals surface area (Å²) in [5.74, 6) is -2.98. The lowest BCUT2D eigenvalue weighted by molar-refractivity contribution is -0.145. The van der Waals surface area contributed by atoms with Crippen LogP contribution in [0.25, 0.3) is 0 Å². The van der Waals surface area contributed by atoms with Crippen molar-refractivity contribution >= 4 is 29.4 Å². The predicted molar refractivity (Wildman–Crippen MR) is 85.1 cm³/mol. The molecule has 132 valence electrons. The minimum Gasteiger partial charge on any atom is -0.467 e. The van der Waals surface area contributed by atoms with E-state index in [9.17, 15) is 18.8 Å². The van der Waals surface area contributed by atoms with E-state index < -0.39 is 36.3 Å². The number of carbonyl (C=O) groups is 3. The van der Waals surface area contributed by atoms with Crippen molar-refractivity contribution in [2.24, 2.45) is 5.92 Å². The maximum absolute atomic E-state index is 13.5. The number of ether oxygens (including phenoxy) is 2. The van der Waals surface area contributed by atoms with Gasteiger partial charge in [-0.3, -0.25) is 4.79 Å². The second kappa shape index (κ2) is 9.22. The third-order valence-corrected chi connectivity index (χ3v) is 3.25. The van der Waals surface area contributed by atoms with E-state index in [2.05, 4.69) is 10.1 Å². The Kier molecular flexibility index (Phi) is 7.64. The van der Waals surface area contributed by atoms with Crippen molar-refractivity contribution < 1.29 is 28.2 Å². The molecule has 1 unspecified atom stereocenters. The van der Waals surface area contributed by atoms with Crippen LogP contribution in [0, 0.1) is 11.7 Å². The highest BCUT2D eigenvalue weighted by Crippen LogP contribution is 2.15. The fourth-order valence-corrected chi connectivity index (χ4v) is 2.10. The molecule has 0 saturated carbocycles. The molecule has 0 fully saturated rings. The lowest BCUT2D eigenvalue weighted by Crippen LogP contribution is -2.44. The number of rotatable bonds is 7. The van der Waals surface area contributed by atoms with Crippen LogP contribution in [0.4, 0.5) is 4.39 Å². The molecular formula is C16H19ClFNO5. The number of nitrogens with one attached hydrogen (secondary N) is 1. The molecule has 8 heteroatoms. The molecule has 0 aromatic heterocycles. The molecule has 1 amide bonds. The summed E-state index contributed by atoms with van der Waals surface area (Å²) in [5.41, 5.74) is -0.373. The smallest absolute Gasteiger partial charge is 0.341 e. The summed E-state index contributed by atoms with van der Waals surface area (Å²) >= 11 is 5.69. The highest BCUT2D eigenvalue weighted by atomic mass is 35.5. The SMILES string of the molecule is COC(=O)C(CC(C)C)NC(=O)COC(=O)c1cc(Cl)ccc1F. The summed E-state index contributed by atoms with van der Waals surface area (Å²) in [6.07, 6.45) is 0.370. The molecule has 0 aliphatic carbocycles. The molecule has 0 saturated heterocycles. The number of methoxy groups -OCH3 is 1. The van der Waals surface area contributed by atoms with Crippen molar-refractivity contribution in [1.29, 1.82) is 0 Å². The van der Waals surface area contributed by atoms with Crippen molar-refractivity contribution in [1.82, 2.24) is 5.32 Å². The Morgan fingerprint density at radius 2 is 1.96 bits per heavy atom. The Morgan fingerprint density at radius 3 is 2.54 bits per heavy atom. The minimum atomic E-state index is -1.02. The fraction of sp³-hybridized carbons (Fsp3) is 0.438. The third-order valence-electron chi connectivity index (χ3n) is 3.01. The Bertz CT molecular complexity index is 620. The average molecular weight is 360 g/mol. The van der Waals surface area contributed by atoms with Gasteiger partial charge in [-0.1, -0.05) is 25.4 Å². The lowest BCUT2D eigenvalue weighted by atomic mass is 10.0. The number of esters is 2. The molecule has 0 bridgehead atoms. The van der Waals surface area contributed by atoms with Crippen molar-refractivity contribution in [3.8, 4) is 0 Å². The first-order valence-corrected chi connectivity index (χ1v) is 7.61. The van der Waals surface area contributed by atoms with E-state index in [0.29, 0.717) is 6.42 Å². The zero-order chi connectivity index (χ0) is 18.3. The van der Waals surface area contributed by atoms with E-state index in [-0.39, 0.29) is 16.5 Å². The maximum Gasteiger partial charge on any atom is 0.341 e. The van der Waals surface area contributed by atoms with Crippen LogP contribution in [-0.4, -0.2) is 37.6 Å². The zero-order valence-corrected chi connectivity index (χ0v) is 14.4. The van der Waals surface area contributed by atoms with E-state index >= 15 is 0 Å². The maximum atomic E-state index is 13.5. The van der Waals surface area contributed by atoms with E-state index in [4.69, 9.17) is 16.3 Å². The second-order valence-electron chi connectivity index (χ2n) is 5.47. The van der Waals surface area contributed by atoms with Gasteiger partial charge < -0.3 is 14.8 Å². The molecule has 1 rings (SSSR count). The fourth-order valence-electron chi connectivity index (χ4n) is 1.93. The zero-order valence-electron chi connectivity index (χ0n) is 13.6. The summed E-state index contributed by atoms with van der Waals surface area (Å²) < 4.78 is 22.9. The molecule has 0 spiro atoms. The second-order valence-corrected chi connectivity index (χ2v) is 5.91. The van der Waals surface area contributed by atoms with Gasteiger partial charge >= 0.3 is 11.9 Å². The summed E-state index contributed by atoms with van der Waals surface area (Å²) in [7, 11) is 1.21. The molecule has 0 aliphatic heterocycles. The first-order valence-electron chi connectivity index (χ1n) is 7.24. The third kappa shape index (κ3) is 6.16. The topological polar surface area (TPSA) is 81.7 Å². The van der Waals surface area contributed by atoms with Crippen molar-refractivity contribution in [3.63, 3.8) is 0 Å². The minimum absolute atomic E-state index is 0.137. The lowest BCUT2D eigenvalue weighted by Gasteiger charge is -2.18. The molecular weight excluding hydrogens is 341 g/mol. The number of hydrogen-bond acceptors (Lipinski definition) is 5. The molecule has 6 nitrogen and oxygen atoms in total. The van der Waals surface area contributed by atoms with Gasteiger partial charge in [-0.2, -0.15) is 0 Å². The van der Waals surface area contributed by atoms with Crippen LogP contribution in [0.15, 0.2) is 18.2 Å². The first-order chi connectivity index (χ1) is 11.2. The van der Waals surface area contributed by atoms with Crippen molar-refractivity contribution in [2.75, 3.05) is 13.7 Å². The van der Waals surface area contributed by atoms with Crippen LogP contribution in [0.5, 0.6) is 0 Å². The average Bonchev–Trinajstić information content (AvgIpc) is 2.53. The summed E-state index contributed by atoms with van der Waals surface area (Å²) in [5, 5.41) is 2.58. The van der Waals surface area contributed by atoms with Crippen molar-refractivity contribution in [2.45, 2.75) is 26.3 Å². The standard InChI is InChI=1S/C16H19ClFNO5/c1-9(2)6-13(16(22)23-3)19-14(20)8-24-15(21)11-7-10(17)4-5-12(11)18/h4-5,7,9,13H,6,8H2,1-3H3,(H,19,20). The number of halogens is 2. The van der Waals surface area contributed by atoms with Gasteiger partial charge in [0.25, 0.3) is 5.91 Å². The molecule has 24 heavy (non-hydrogen) atoms. The Hall–Kier alpha value is -2.15. The number of carbonyl (C=O) groups excluding carboxylic acids is 3. The van der Waals surface area contributed by atoms with Gasteiger partial charge in [-0.25, -0.2) is 14.0 Å². The molecule has 1 aromatic rings. The van der Waals surface area contributed by atoms with Crippen LogP contribution in [0.1, 0.15) is 30.6 Å². The van der Waals surface area contributed by atoms with E-state index in [1.807, 2.05) is 13.8 Å². The van der Waals surface area contributed by atoms with Gasteiger partial charge in [0.15, 0.2) is 6.61 Å². The number of amides is 1. The Labute approximate surface area is 144 Å². The van der Waals surface area contributed by atoms with Gasteiger partial charge in [0.05, 0.1) is 12.7 Å². The predicted octanol–water partition coefficient (Wildman–Crippen LogP) is 2.34. The Balaban J connectivity index is 2.62. The first kappa shape index (κ1) is 19.9. The summed E-state index contributed by atoms with van der Waals surface area (Å²) in [6, 6.07) is 2.57. The van der Waals surface area contributed by atoms with Crippen LogP contribution in [-0.2, 0) is 19.1 Å². The van der Waals surface area contributed by atoms with Gasteiger partial charge in [-0.15, -0.1) is 0 Å². The molecule has 1 aromatic carbocycles. The molecule has 1 N–H and O–H groups in total. The largest absolute Gasteiger partial charge is 0.467 e. The monoisotopic (exact) mass is 359 g/mol. The van der Waals surface area contributed by atoms with Gasteiger partial charge in [0.2, 0.25) is 0 Å². The summed E-state index contributed by atoms with van der Waals surface area (Å²) in [4.78, 5) is 35.2. The van der Waals surface area contributed by atoms with Crippen LogP contribution in [0.3, 0.4) is 0 Å². The molecule has 0 radical (unpaired) electrons.